The van der Waals surface area contributed by atoms with Gasteiger partial charge in [0, 0.05) is 48.5 Å². The van der Waals surface area contributed by atoms with Gasteiger partial charge in [-0.3, -0.25) is 0 Å². The van der Waals surface area contributed by atoms with Gasteiger partial charge in [-0.15, -0.1) is 11.3 Å². The Labute approximate surface area is 256 Å². The van der Waals surface area contributed by atoms with E-state index in [1.807, 2.05) is 41.9 Å². The van der Waals surface area contributed by atoms with Gasteiger partial charge in [0.25, 0.3) is 6.34 Å². The van der Waals surface area contributed by atoms with Crippen molar-refractivity contribution in [2.75, 3.05) is 0 Å². The van der Waals surface area contributed by atoms with Gasteiger partial charge in [0.05, 0.1) is 5.69 Å². The highest BCUT2D eigenvalue weighted by atomic mass is 32.1. The van der Waals surface area contributed by atoms with Crippen LogP contribution in [0.5, 0.6) is 11.6 Å². The van der Waals surface area contributed by atoms with Crippen LogP contribution in [0.4, 0.5) is 5.69 Å². The lowest BCUT2D eigenvalue weighted by Gasteiger charge is -2.16. The Kier molecular flexibility index (Phi) is 7.12. The van der Waals surface area contributed by atoms with E-state index in [1.165, 1.54) is 37.0 Å². The summed E-state index contributed by atoms with van der Waals surface area (Å²) >= 11 is 1.81. The summed E-state index contributed by atoms with van der Waals surface area (Å²) in [6.07, 6.45) is 4.17. The minimum atomic E-state index is -0.0892. The van der Waals surface area contributed by atoms with E-state index < -0.39 is 0 Å². The molecule has 0 fully saturated rings. The smallest absolute Gasteiger partial charge is 0.286 e. The second kappa shape index (κ2) is 11.2. The summed E-state index contributed by atoms with van der Waals surface area (Å²) in [5.41, 5.74) is 7.03. The molecule has 1 aliphatic heterocycles. The first-order valence-corrected chi connectivity index (χ1v) is 15.7. The molecular formula is C38H34N3OS+. The topological polar surface area (TPSA) is 37.5 Å². The zero-order valence-electron chi connectivity index (χ0n) is 24.9. The molecule has 4 aromatic carbocycles. The molecule has 1 aliphatic rings. The van der Waals surface area contributed by atoms with Gasteiger partial charge in [-0.1, -0.05) is 105 Å². The number of benzene rings is 4. The van der Waals surface area contributed by atoms with Gasteiger partial charge >= 0.3 is 0 Å². The van der Waals surface area contributed by atoms with Gasteiger partial charge in [0.1, 0.15) is 17.7 Å². The molecule has 0 aliphatic carbocycles. The van der Waals surface area contributed by atoms with Crippen LogP contribution >= 0.6 is 11.3 Å². The van der Waals surface area contributed by atoms with Crippen molar-refractivity contribution >= 4 is 49.7 Å². The van der Waals surface area contributed by atoms with Gasteiger partial charge in [0.2, 0.25) is 11.9 Å². The Balaban J connectivity index is 1.18. The van der Waals surface area contributed by atoms with Crippen LogP contribution in [0.15, 0.2) is 108 Å². The average molecular weight is 581 g/mol. The second-order valence-electron chi connectivity index (χ2n) is 11.7. The first-order valence-electron chi connectivity index (χ1n) is 14.9. The molecule has 0 amide bonds. The van der Waals surface area contributed by atoms with E-state index in [4.69, 9.17) is 14.7 Å². The molecule has 0 saturated carbocycles. The van der Waals surface area contributed by atoms with Gasteiger partial charge in [0.15, 0.2) is 0 Å². The fourth-order valence-corrected chi connectivity index (χ4v) is 7.17. The maximum Gasteiger partial charge on any atom is 0.286 e. The van der Waals surface area contributed by atoms with Crippen molar-refractivity contribution in [1.82, 2.24) is 4.98 Å². The van der Waals surface area contributed by atoms with Crippen molar-refractivity contribution in [3.63, 3.8) is 0 Å². The number of thiophene rings is 1. The van der Waals surface area contributed by atoms with Crippen LogP contribution < -0.4 is 4.74 Å². The molecule has 3 heterocycles. The summed E-state index contributed by atoms with van der Waals surface area (Å²) in [5.74, 6) is 2.15. The molecule has 212 valence electrons. The highest BCUT2D eigenvalue weighted by Gasteiger charge is 2.27. The van der Waals surface area contributed by atoms with E-state index in [0.29, 0.717) is 17.7 Å². The SMILES string of the molecule is CC(C)c1cccc(C(C)C)c1[N+]1=CC(c2cccc(Oc3cccc(-c4cccc5c4sc4ccccc45)n3)c2)N=C1. The number of aromatic nitrogens is 1. The van der Waals surface area contributed by atoms with Crippen molar-refractivity contribution < 1.29 is 9.31 Å². The van der Waals surface area contributed by atoms with Crippen LogP contribution in [0.25, 0.3) is 31.4 Å². The molecular weight excluding hydrogens is 547 g/mol. The molecule has 2 aromatic heterocycles. The molecule has 1 unspecified atom stereocenters. The van der Waals surface area contributed by atoms with Crippen LogP contribution in [0.3, 0.4) is 0 Å². The van der Waals surface area contributed by atoms with Crippen molar-refractivity contribution in [3.05, 3.63) is 120 Å². The van der Waals surface area contributed by atoms with Gasteiger partial charge in [-0.25, -0.2) is 9.56 Å². The molecule has 5 heteroatoms. The average Bonchev–Trinajstić information content (AvgIpc) is 3.66. The first kappa shape index (κ1) is 27.2. The number of aliphatic imine (C=N–C) groups is 1. The summed E-state index contributed by atoms with van der Waals surface area (Å²) in [6.45, 7) is 9.00. The third kappa shape index (κ3) is 5.15. The normalized spacial score (nSPS) is 14.7. The number of para-hydroxylation sites is 1. The number of hydrogen-bond donors (Lipinski definition) is 0. The number of fused-ring (bicyclic) bond motifs is 3. The quantitative estimate of drug-likeness (QED) is 0.176. The lowest BCUT2D eigenvalue weighted by atomic mass is 9.92. The number of nitrogens with zero attached hydrogens (tertiary/aromatic N) is 3. The monoisotopic (exact) mass is 580 g/mol. The minimum absolute atomic E-state index is 0.0892. The van der Waals surface area contributed by atoms with E-state index in [1.54, 1.807) is 0 Å². The third-order valence-electron chi connectivity index (χ3n) is 8.08. The lowest BCUT2D eigenvalue weighted by Crippen LogP contribution is -2.09. The summed E-state index contributed by atoms with van der Waals surface area (Å²) in [4.78, 5) is 9.82. The molecule has 4 nitrogen and oxygen atoms in total. The first-order chi connectivity index (χ1) is 21.0. The van der Waals surface area contributed by atoms with Crippen molar-refractivity contribution in [3.8, 4) is 22.9 Å². The van der Waals surface area contributed by atoms with Crippen LogP contribution in [-0.4, -0.2) is 22.1 Å². The molecule has 1 atom stereocenters. The Morgan fingerprint density at radius 1 is 0.744 bits per heavy atom. The summed E-state index contributed by atoms with van der Waals surface area (Å²) in [6, 6.07) is 35.7. The second-order valence-corrected chi connectivity index (χ2v) is 12.7. The van der Waals surface area contributed by atoms with E-state index >= 15 is 0 Å². The molecule has 7 rings (SSSR count). The fraction of sp³-hybridized carbons (Fsp3) is 0.184. The highest BCUT2D eigenvalue weighted by molar-refractivity contribution is 7.26. The molecule has 6 aromatic rings. The molecule has 0 saturated heterocycles. The van der Waals surface area contributed by atoms with E-state index in [0.717, 1.165) is 22.6 Å². The van der Waals surface area contributed by atoms with Gasteiger partial charge in [-0.05, 0) is 36.1 Å². The predicted octanol–water partition coefficient (Wildman–Crippen LogP) is 10.7. The Morgan fingerprint density at radius 2 is 1.47 bits per heavy atom. The fourth-order valence-electron chi connectivity index (χ4n) is 5.94. The van der Waals surface area contributed by atoms with Crippen LogP contribution in [0.2, 0.25) is 0 Å². The van der Waals surface area contributed by atoms with Crippen LogP contribution in [-0.2, 0) is 0 Å². The molecule has 0 spiro atoms. The molecule has 43 heavy (non-hydrogen) atoms. The zero-order valence-corrected chi connectivity index (χ0v) is 25.7. The Hall–Kier alpha value is -4.61. The maximum atomic E-state index is 6.34. The van der Waals surface area contributed by atoms with Crippen molar-refractivity contribution in [1.29, 1.82) is 0 Å². The van der Waals surface area contributed by atoms with Crippen molar-refractivity contribution in [2.24, 2.45) is 4.99 Å². The third-order valence-corrected chi connectivity index (χ3v) is 9.30. The number of rotatable bonds is 7. The number of pyridine rings is 1. The standard InChI is InChI=1S/C38H34N3OS/c1-24(2)28-14-8-15-29(25(3)4)37(28)41-22-34(39-23-41)26-11-7-12-27(21-26)42-36-20-10-18-33(40-36)32-17-9-16-31-30-13-5-6-19-35(30)43-38(31)32/h5-25,34H,1-4H3/q+1. The van der Waals surface area contributed by atoms with Crippen LogP contribution in [0, 0.1) is 0 Å². The zero-order chi connectivity index (χ0) is 29.5. The van der Waals surface area contributed by atoms with Gasteiger partial charge < -0.3 is 4.74 Å². The van der Waals surface area contributed by atoms with E-state index in [9.17, 15) is 0 Å². The van der Waals surface area contributed by atoms with Crippen LogP contribution in [0.1, 0.15) is 62.3 Å². The van der Waals surface area contributed by atoms with Crippen molar-refractivity contribution in [2.45, 2.75) is 45.6 Å². The molecule has 0 radical (unpaired) electrons. The van der Waals surface area contributed by atoms with E-state index in [2.05, 4.69) is 117 Å². The minimum Gasteiger partial charge on any atom is -0.439 e. The van der Waals surface area contributed by atoms with E-state index in [-0.39, 0.29) is 6.04 Å². The summed E-state index contributed by atoms with van der Waals surface area (Å²) in [7, 11) is 0. The largest absolute Gasteiger partial charge is 0.439 e. The van der Waals surface area contributed by atoms with Gasteiger partial charge in [-0.2, -0.15) is 0 Å². The summed E-state index contributed by atoms with van der Waals surface area (Å²) in [5, 5.41) is 2.55. The highest BCUT2D eigenvalue weighted by Crippen LogP contribution is 2.40. The number of hydrogen-bond acceptors (Lipinski definition) is 4. The molecule has 0 N–H and O–H groups in total. The maximum absolute atomic E-state index is 6.34. The predicted molar refractivity (Wildman–Crippen MR) is 181 cm³/mol. The summed E-state index contributed by atoms with van der Waals surface area (Å²) < 4.78 is 11.1. The number of ether oxygens (including phenoxy) is 1. The molecule has 0 bridgehead atoms. The lowest BCUT2D eigenvalue weighted by molar-refractivity contribution is -0.287. The Bertz CT molecular complexity index is 2010. The Morgan fingerprint density at radius 3 is 2.28 bits per heavy atom.